The van der Waals surface area contributed by atoms with Crippen molar-refractivity contribution in [2.45, 2.75) is 0 Å². The second-order valence-corrected chi connectivity index (χ2v) is 1.10. The molecule has 0 fully saturated rings. The van der Waals surface area contributed by atoms with Gasteiger partial charge in [-0.05, 0) is 0 Å². The Morgan fingerprint density at radius 2 is 0.538 bits per heavy atom. The van der Waals surface area contributed by atoms with Crippen LogP contribution in [0.3, 0.4) is 0 Å². The van der Waals surface area contributed by atoms with Crippen molar-refractivity contribution in [3.05, 3.63) is 0 Å². The third-order valence-corrected chi connectivity index (χ3v) is 0. The molecule has 0 aromatic carbocycles. The van der Waals surface area contributed by atoms with Crippen molar-refractivity contribution in [3.63, 3.8) is 0 Å². The van der Waals surface area contributed by atoms with Crippen LogP contribution in [0.15, 0.2) is 0 Å². The van der Waals surface area contributed by atoms with E-state index in [0.29, 0.717) is 0 Å². The zero-order chi connectivity index (χ0) is 10.8. The van der Waals surface area contributed by atoms with E-state index >= 15 is 0 Å². The molecule has 0 atom stereocenters. The van der Waals surface area contributed by atoms with Crippen LogP contribution < -0.4 is 0 Å². The molecule has 0 rings (SSSR count). The molecule has 74 valence electrons. The van der Waals surface area contributed by atoms with Crippen LogP contribution in [0.1, 0.15) is 0 Å². The SMILES string of the molecule is N#C[S-].N#C[S-].N#C[S-].N#C[S-].[Ag+]. The average molecular weight is 340 g/mol. The molecule has 9 heteroatoms. The van der Waals surface area contributed by atoms with E-state index in [-0.39, 0.29) is 22.4 Å². The maximum absolute atomic E-state index is 7.13. The molecule has 0 aromatic heterocycles. The summed E-state index contributed by atoms with van der Waals surface area (Å²) in [5.74, 6) is 0. The van der Waals surface area contributed by atoms with Gasteiger partial charge in [-0.15, -0.1) is 0 Å². The molecular weight excluding hydrogens is 340 g/mol. The standard InChI is InChI=1S/4CHNS.Ag/c4*2-1-3;/h4*3H;/q;;;;+1/p-4. The Morgan fingerprint density at radius 1 is 0.538 bits per heavy atom. The van der Waals surface area contributed by atoms with Crippen LogP contribution in [0.25, 0.3) is 0 Å². The molecule has 0 amide bonds. The Bertz CT molecular complexity index is 158. The van der Waals surface area contributed by atoms with Gasteiger partial charge in [0, 0.05) is 0 Å². The predicted octanol–water partition coefficient (Wildman–Crippen LogP) is 0.0550. The number of hydrogen-bond donors (Lipinski definition) is 0. The first-order valence-electron chi connectivity index (χ1n) is 1.71. The minimum Gasteiger partial charge on any atom is -0.696 e. The Kier molecular flexibility index (Phi) is 228. The minimum absolute atomic E-state index is 0. The van der Waals surface area contributed by atoms with E-state index in [1.165, 1.54) is 21.6 Å². The Morgan fingerprint density at radius 3 is 0.538 bits per heavy atom. The number of thiocyanates is 4. The van der Waals surface area contributed by atoms with Gasteiger partial charge in [0.05, 0.1) is 0 Å². The molecule has 0 unspecified atom stereocenters. The second kappa shape index (κ2) is 101. The van der Waals surface area contributed by atoms with E-state index in [2.05, 4.69) is 50.5 Å². The Labute approximate surface area is 115 Å². The summed E-state index contributed by atoms with van der Waals surface area (Å²) in [4.78, 5) is 0. The Hall–Kier alpha value is -0.420. The van der Waals surface area contributed by atoms with Crippen molar-refractivity contribution in [2.24, 2.45) is 0 Å². The number of rotatable bonds is 0. The summed E-state index contributed by atoms with van der Waals surface area (Å²) >= 11 is 14.8. The fourth-order valence-corrected chi connectivity index (χ4v) is 0. The first kappa shape index (κ1) is 29.4. The molecule has 0 heterocycles. The zero-order valence-corrected chi connectivity index (χ0v) is 10.5. The molecule has 4 nitrogen and oxygen atoms in total. The topological polar surface area (TPSA) is 95.2 Å². The van der Waals surface area contributed by atoms with Crippen LogP contribution in [-0.4, -0.2) is 0 Å². The molecule has 0 spiro atoms. The van der Waals surface area contributed by atoms with Crippen LogP contribution in [-0.2, 0) is 72.9 Å². The van der Waals surface area contributed by atoms with Gasteiger partial charge < -0.3 is 50.5 Å². The van der Waals surface area contributed by atoms with Gasteiger partial charge in [0.15, 0.2) is 0 Å². The van der Waals surface area contributed by atoms with Crippen molar-refractivity contribution in [3.8, 4) is 21.6 Å². The van der Waals surface area contributed by atoms with Gasteiger partial charge in [0.25, 0.3) is 0 Å². The van der Waals surface area contributed by atoms with Crippen LogP contribution >= 0.6 is 0 Å². The third kappa shape index (κ3) is 6030. The van der Waals surface area contributed by atoms with Crippen LogP contribution in [0, 0.1) is 42.7 Å². The first-order chi connectivity index (χ1) is 5.66. The maximum Gasteiger partial charge on any atom is 1.00 e. The van der Waals surface area contributed by atoms with Gasteiger partial charge >= 0.3 is 22.4 Å². The van der Waals surface area contributed by atoms with Gasteiger partial charge in [-0.1, -0.05) is 21.6 Å². The first-order valence-corrected chi connectivity index (χ1v) is 3.34. The molecule has 0 aliphatic carbocycles. The van der Waals surface area contributed by atoms with E-state index in [4.69, 9.17) is 21.0 Å². The van der Waals surface area contributed by atoms with E-state index < -0.39 is 0 Å². The summed E-state index contributed by atoms with van der Waals surface area (Å²) in [7, 11) is 0. The molecule has 13 heavy (non-hydrogen) atoms. The number of hydrogen-bond acceptors (Lipinski definition) is 8. The summed E-state index contributed by atoms with van der Waals surface area (Å²) in [6.45, 7) is 0. The minimum atomic E-state index is 0. The second-order valence-electron chi connectivity index (χ2n) is 0.365. The summed E-state index contributed by atoms with van der Waals surface area (Å²) in [6, 6.07) is 0. The molecule has 0 saturated carbocycles. The van der Waals surface area contributed by atoms with Gasteiger partial charge in [-0.2, -0.15) is 0 Å². The summed E-state index contributed by atoms with van der Waals surface area (Å²) < 4.78 is 0. The molecule has 0 saturated heterocycles. The molecule has 0 aliphatic heterocycles. The van der Waals surface area contributed by atoms with Crippen molar-refractivity contribution < 1.29 is 22.4 Å². The van der Waals surface area contributed by atoms with Crippen LogP contribution in [0.2, 0.25) is 0 Å². The normalized spacial score (nSPS) is 2.15. The maximum atomic E-state index is 7.13. The monoisotopic (exact) mass is 339 g/mol. The van der Waals surface area contributed by atoms with Gasteiger partial charge in [-0.3, -0.25) is 0 Å². The van der Waals surface area contributed by atoms with E-state index in [1.54, 1.807) is 0 Å². The van der Waals surface area contributed by atoms with Crippen LogP contribution in [0.4, 0.5) is 0 Å². The number of nitriles is 4. The third-order valence-electron chi connectivity index (χ3n) is 0. The molecule has 0 N–H and O–H groups in total. The molecule has 0 bridgehead atoms. The average Bonchev–Trinajstić information content (AvgIpc) is 1.92. The van der Waals surface area contributed by atoms with Crippen molar-refractivity contribution >= 4 is 50.5 Å². The fourth-order valence-electron chi connectivity index (χ4n) is 0. The smallest absolute Gasteiger partial charge is 0.696 e. The molecular formula is C4AgN4S4-3. The van der Waals surface area contributed by atoms with E-state index in [9.17, 15) is 0 Å². The van der Waals surface area contributed by atoms with Crippen LogP contribution in [0.5, 0.6) is 0 Å². The molecule has 0 aliphatic rings. The number of nitrogens with zero attached hydrogens (tertiary/aromatic N) is 4. The van der Waals surface area contributed by atoms with Crippen molar-refractivity contribution in [2.75, 3.05) is 0 Å². The quantitative estimate of drug-likeness (QED) is 0.347. The predicted molar refractivity (Wildman–Crippen MR) is 51.9 cm³/mol. The van der Waals surface area contributed by atoms with E-state index in [1.807, 2.05) is 0 Å². The van der Waals surface area contributed by atoms with E-state index in [0.717, 1.165) is 0 Å². The summed E-state index contributed by atoms with van der Waals surface area (Å²) in [5, 5.41) is 33.9. The van der Waals surface area contributed by atoms with Crippen molar-refractivity contribution in [1.82, 2.24) is 0 Å². The fraction of sp³-hybridized carbons (Fsp3) is 0. The molecule has 0 aromatic rings. The van der Waals surface area contributed by atoms with Gasteiger partial charge in [0.2, 0.25) is 0 Å². The largest absolute Gasteiger partial charge is 1.00 e. The van der Waals surface area contributed by atoms with Gasteiger partial charge in [0.1, 0.15) is 0 Å². The zero-order valence-electron chi connectivity index (χ0n) is 5.72. The summed E-state index contributed by atoms with van der Waals surface area (Å²) in [5.41, 5.74) is 0. The Balaban J connectivity index is -0.0000000213. The molecule has 0 radical (unpaired) electrons. The van der Waals surface area contributed by atoms with Crippen molar-refractivity contribution in [1.29, 1.82) is 21.0 Å². The van der Waals surface area contributed by atoms with Gasteiger partial charge in [-0.25, -0.2) is 21.0 Å². The summed E-state index contributed by atoms with van der Waals surface area (Å²) in [6.07, 6.45) is 0.